The maximum Gasteiger partial charge on any atom is 0.0714 e. The Bertz CT molecular complexity index is 4190. The first-order chi connectivity index (χ1) is 38.2. The van der Waals surface area contributed by atoms with Gasteiger partial charge >= 0.3 is 0 Å². The number of fused-ring (bicyclic) bond motifs is 5. The summed E-state index contributed by atoms with van der Waals surface area (Å²) in [6.07, 6.45) is 0. The average molecular weight is 981 g/mol. The molecule has 0 bridgehead atoms. The highest BCUT2D eigenvalue weighted by Gasteiger charge is 2.46. The van der Waals surface area contributed by atoms with Crippen LogP contribution in [0.4, 0.5) is 34.1 Å². The summed E-state index contributed by atoms with van der Waals surface area (Å²) in [5.41, 5.74) is 20.2. The second kappa shape index (κ2) is 19.4. The molecule has 0 heterocycles. The smallest absolute Gasteiger partial charge is 0.0714 e. The van der Waals surface area contributed by atoms with Crippen molar-refractivity contribution in [2.45, 2.75) is 5.41 Å². The minimum atomic E-state index is -0.584. The van der Waals surface area contributed by atoms with E-state index in [2.05, 4.69) is 325 Å². The lowest BCUT2D eigenvalue weighted by Gasteiger charge is -2.35. The van der Waals surface area contributed by atoms with Crippen LogP contribution >= 0.6 is 0 Å². The zero-order valence-corrected chi connectivity index (χ0v) is 42.4. The van der Waals surface area contributed by atoms with E-state index in [1.165, 1.54) is 71.6 Å². The van der Waals surface area contributed by atoms with Crippen LogP contribution in [-0.2, 0) is 5.41 Å². The molecule has 0 aromatic heterocycles. The van der Waals surface area contributed by atoms with E-state index >= 15 is 0 Å². The topological polar surface area (TPSA) is 6.48 Å². The predicted molar refractivity (Wildman–Crippen MR) is 324 cm³/mol. The Morgan fingerprint density at radius 2 is 0.675 bits per heavy atom. The highest BCUT2D eigenvalue weighted by molar-refractivity contribution is 6.06. The molecule has 2 heteroatoms. The van der Waals surface area contributed by atoms with Crippen molar-refractivity contribution in [2.75, 3.05) is 9.80 Å². The first-order valence-electron chi connectivity index (χ1n) is 26.6. The molecule has 0 fully saturated rings. The fourth-order valence-corrected chi connectivity index (χ4v) is 12.3. The van der Waals surface area contributed by atoms with Crippen LogP contribution in [0, 0.1) is 0 Å². The molecule has 13 aromatic rings. The van der Waals surface area contributed by atoms with E-state index in [1.54, 1.807) is 0 Å². The zero-order valence-electron chi connectivity index (χ0n) is 42.4. The first-order valence-corrected chi connectivity index (χ1v) is 26.6. The van der Waals surface area contributed by atoms with Gasteiger partial charge < -0.3 is 9.80 Å². The van der Waals surface area contributed by atoms with E-state index in [-0.39, 0.29) is 0 Å². The Morgan fingerprint density at radius 3 is 1.34 bits per heavy atom. The molecule has 0 radical (unpaired) electrons. The van der Waals surface area contributed by atoms with Crippen molar-refractivity contribution < 1.29 is 0 Å². The summed E-state index contributed by atoms with van der Waals surface area (Å²) < 4.78 is 0. The second-order valence-electron chi connectivity index (χ2n) is 20.0. The van der Waals surface area contributed by atoms with Gasteiger partial charge in [0, 0.05) is 34.1 Å². The molecule has 362 valence electrons. The third-order valence-corrected chi connectivity index (χ3v) is 15.7. The van der Waals surface area contributed by atoms with Gasteiger partial charge in [-0.25, -0.2) is 0 Å². The van der Waals surface area contributed by atoms with Crippen molar-refractivity contribution in [3.63, 3.8) is 0 Å². The Labute approximate surface area is 450 Å². The lowest BCUT2D eigenvalue weighted by molar-refractivity contribution is 0.768. The average Bonchev–Trinajstić information content (AvgIpc) is 4.07. The molecule has 0 saturated heterocycles. The minimum Gasteiger partial charge on any atom is -0.310 e. The first kappa shape index (κ1) is 45.6. The van der Waals surface area contributed by atoms with Gasteiger partial charge in [-0.3, -0.25) is 0 Å². The van der Waals surface area contributed by atoms with Crippen molar-refractivity contribution in [2.24, 2.45) is 0 Å². The van der Waals surface area contributed by atoms with Crippen LogP contribution in [0.15, 0.2) is 315 Å². The fourth-order valence-electron chi connectivity index (χ4n) is 12.3. The molecule has 0 saturated carbocycles. The molecule has 2 nitrogen and oxygen atoms in total. The molecule has 14 rings (SSSR count). The van der Waals surface area contributed by atoms with Gasteiger partial charge in [-0.2, -0.15) is 0 Å². The van der Waals surface area contributed by atoms with Crippen LogP contribution in [0.2, 0.25) is 0 Å². The number of nitrogens with zero attached hydrogens (tertiary/aromatic N) is 2. The Morgan fingerprint density at radius 1 is 0.221 bits per heavy atom. The summed E-state index contributed by atoms with van der Waals surface area (Å²) in [4.78, 5) is 4.89. The summed E-state index contributed by atoms with van der Waals surface area (Å²) in [6.45, 7) is 0. The van der Waals surface area contributed by atoms with Crippen molar-refractivity contribution >= 4 is 55.7 Å². The van der Waals surface area contributed by atoms with Crippen LogP contribution in [0.1, 0.15) is 22.3 Å². The number of hydrogen-bond acceptors (Lipinski definition) is 2. The standard InChI is InChI=1S/C75H52N2/c1-6-26-55(27-7-1)74-67-38-19-18-25-54(67)43-46-71(74)68-39-21-20-37-66(68)57-49-64(76(60-33-12-4-13-34-60)61-35-14-5-15-36-61)51-65(50-57)77(62-44-42-53-24-16-17-28-56(53)48-62)63-45-47-70-69-40-22-23-41-72(69)75(73(70)52-63,58-29-8-2-9-30-58)59-31-10-3-11-32-59/h1-52H. The highest BCUT2D eigenvalue weighted by Crippen LogP contribution is 2.58. The van der Waals surface area contributed by atoms with Crippen LogP contribution < -0.4 is 9.80 Å². The third kappa shape index (κ3) is 7.89. The van der Waals surface area contributed by atoms with Gasteiger partial charge in [0.1, 0.15) is 0 Å². The van der Waals surface area contributed by atoms with Crippen molar-refractivity contribution in [3.8, 4) is 44.5 Å². The number of rotatable bonds is 11. The van der Waals surface area contributed by atoms with E-state index < -0.39 is 5.41 Å². The van der Waals surface area contributed by atoms with E-state index in [9.17, 15) is 0 Å². The highest BCUT2D eigenvalue weighted by atomic mass is 15.2. The van der Waals surface area contributed by atoms with Gasteiger partial charge in [0.25, 0.3) is 0 Å². The Balaban J connectivity index is 1.07. The van der Waals surface area contributed by atoms with Gasteiger partial charge in [0.2, 0.25) is 0 Å². The van der Waals surface area contributed by atoms with Gasteiger partial charge in [0.05, 0.1) is 5.41 Å². The summed E-state index contributed by atoms with van der Waals surface area (Å²) in [5, 5.41) is 4.81. The second-order valence-corrected chi connectivity index (χ2v) is 20.0. The number of benzene rings is 13. The number of hydrogen-bond donors (Lipinski definition) is 0. The van der Waals surface area contributed by atoms with Gasteiger partial charge in [-0.1, -0.05) is 249 Å². The summed E-state index contributed by atoms with van der Waals surface area (Å²) >= 11 is 0. The zero-order chi connectivity index (χ0) is 51.1. The molecule has 77 heavy (non-hydrogen) atoms. The molecule has 0 atom stereocenters. The van der Waals surface area contributed by atoms with Crippen LogP contribution in [0.3, 0.4) is 0 Å². The lowest BCUT2D eigenvalue weighted by atomic mass is 9.67. The minimum absolute atomic E-state index is 0.584. The van der Waals surface area contributed by atoms with Gasteiger partial charge in [0.15, 0.2) is 0 Å². The fraction of sp³-hybridized carbons (Fsp3) is 0.0133. The number of anilines is 6. The molecular weight excluding hydrogens is 929 g/mol. The molecule has 0 N–H and O–H groups in total. The maximum atomic E-state index is 2.49. The normalized spacial score (nSPS) is 12.3. The summed E-state index contributed by atoms with van der Waals surface area (Å²) in [6, 6.07) is 116. The molecule has 0 aliphatic heterocycles. The van der Waals surface area contributed by atoms with Crippen molar-refractivity contribution in [3.05, 3.63) is 338 Å². The van der Waals surface area contributed by atoms with E-state index in [0.29, 0.717) is 0 Å². The van der Waals surface area contributed by atoms with Gasteiger partial charge in [-0.15, -0.1) is 0 Å². The molecule has 1 aliphatic rings. The van der Waals surface area contributed by atoms with Crippen LogP contribution in [0.5, 0.6) is 0 Å². The molecule has 0 amide bonds. The molecule has 0 spiro atoms. The van der Waals surface area contributed by atoms with E-state index in [4.69, 9.17) is 0 Å². The van der Waals surface area contributed by atoms with Crippen LogP contribution in [0.25, 0.3) is 66.1 Å². The van der Waals surface area contributed by atoms with Crippen molar-refractivity contribution in [1.29, 1.82) is 0 Å². The predicted octanol–water partition coefficient (Wildman–Crippen LogP) is 20.3. The third-order valence-electron chi connectivity index (χ3n) is 15.7. The monoisotopic (exact) mass is 980 g/mol. The maximum absolute atomic E-state index is 2.49. The summed E-state index contributed by atoms with van der Waals surface area (Å²) in [5.74, 6) is 0. The molecule has 1 aliphatic carbocycles. The number of para-hydroxylation sites is 2. The SMILES string of the molecule is c1ccc(-c2c(-c3ccccc3-c3cc(N(c4ccccc4)c4ccccc4)cc(N(c4ccc5c(c4)C(c4ccccc4)(c4ccccc4)c4ccccc4-5)c4ccc5ccccc5c4)c3)ccc3ccccc23)cc1. The van der Waals surface area contributed by atoms with E-state index in [0.717, 1.165) is 50.8 Å². The summed E-state index contributed by atoms with van der Waals surface area (Å²) in [7, 11) is 0. The van der Waals surface area contributed by atoms with E-state index in [1.807, 2.05) is 0 Å². The molecular formula is C75H52N2. The molecule has 13 aromatic carbocycles. The quantitative estimate of drug-likeness (QED) is 0.127. The Kier molecular flexibility index (Phi) is 11.5. The molecule has 0 unspecified atom stereocenters. The Hall–Kier alpha value is -10.0. The van der Waals surface area contributed by atoms with Gasteiger partial charge in [-0.05, 0) is 155 Å². The van der Waals surface area contributed by atoms with Crippen molar-refractivity contribution in [1.82, 2.24) is 0 Å². The lowest BCUT2D eigenvalue weighted by Crippen LogP contribution is -2.28. The largest absolute Gasteiger partial charge is 0.310 e. The van der Waals surface area contributed by atoms with Crippen LogP contribution in [-0.4, -0.2) is 0 Å².